The number of fused-ring (bicyclic) bond motifs is 1. The summed E-state index contributed by atoms with van der Waals surface area (Å²) in [6.07, 6.45) is 1.68. The van der Waals surface area contributed by atoms with Gasteiger partial charge in [-0.05, 0) is 25.8 Å². The van der Waals surface area contributed by atoms with Crippen LogP contribution in [-0.4, -0.2) is 76.9 Å². The Balaban J connectivity index is 1.83. The highest BCUT2D eigenvalue weighted by atomic mass is 16.4. The van der Waals surface area contributed by atoms with Gasteiger partial charge in [-0.2, -0.15) is 0 Å². The van der Waals surface area contributed by atoms with Crippen LogP contribution in [0.25, 0.3) is 0 Å². The highest BCUT2D eigenvalue weighted by Crippen LogP contribution is 2.21. The van der Waals surface area contributed by atoms with E-state index in [0.29, 0.717) is 19.1 Å². The fourth-order valence-corrected chi connectivity index (χ4v) is 2.77. The molecule has 0 saturated carbocycles. The van der Waals surface area contributed by atoms with Crippen LogP contribution in [0.4, 0.5) is 4.79 Å². The van der Waals surface area contributed by atoms with E-state index in [1.54, 1.807) is 4.90 Å². The number of aliphatic carboxylic acids is 1. The van der Waals surface area contributed by atoms with Crippen LogP contribution in [0, 0.1) is 0 Å². The Labute approximate surface area is 112 Å². The van der Waals surface area contributed by atoms with E-state index in [9.17, 15) is 9.59 Å². The summed E-state index contributed by atoms with van der Waals surface area (Å²) in [7, 11) is 0. The molecule has 2 amide bonds. The summed E-state index contributed by atoms with van der Waals surface area (Å²) in [5.74, 6) is -1.32. The van der Waals surface area contributed by atoms with Gasteiger partial charge >= 0.3 is 12.0 Å². The van der Waals surface area contributed by atoms with Crippen molar-refractivity contribution in [3.05, 3.63) is 0 Å². The third kappa shape index (κ3) is 3.57. The summed E-state index contributed by atoms with van der Waals surface area (Å²) in [4.78, 5) is 26.6. The number of rotatable bonds is 3. The zero-order chi connectivity index (χ0) is 13.8. The molecule has 2 aliphatic heterocycles. The Kier molecular flexibility index (Phi) is 4.60. The number of aliphatic hydroxyl groups excluding tert-OH is 1. The monoisotopic (exact) mass is 271 g/mol. The van der Waals surface area contributed by atoms with E-state index in [4.69, 9.17) is 10.2 Å². The standard InChI is InChI=1S/C12H21N3O4/c16-10(11(17)18)7-13-12(19)15-6-2-5-14-4-1-3-9(14)8-15/h9-10,16H,1-8H2,(H,13,19)(H,17,18)/t9?,10-/m0/s1. The first kappa shape index (κ1) is 14.1. The predicted octanol–water partition coefficient (Wildman–Crippen LogP) is -0.688. The molecule has 7 heteroatoms. The SMILES string of the molecule is O=C(O)[C@@H](O)CNC(=O)N1CCCN2CCCC2C1. The van der Waals surface area contributed by atoms with E-state index in [2.05, 4.69) is 10.2 Å². The topological polar surface area (TPSA) is 93.1 Å². The first-order chi connectivity index (χ1) is 9.08. The number of nitrogens with one attached hydrogen (secondary N) is 1. The van der Waals surface area contributed by atoms with Crippen molar-refractivity contribution >= 4 is 12.0 Å². The molecule has 2 rings (SSSR count). The van der Waals surface area contributed by atoms with Gasteiger partial charge in [-0.15, -0.1) is 0 Å². The molecule has 2 aliphatic rings. The third-order valence-corrected chi connectivity index (χ3v) is 3.82. The van der Waals surface area contributed by atoms with Crippen molar-refractivity contribution in [2.75, 3.05) is 32.7 Å². The van der Waals surface area contributed by atoms with Crippen molar-refractivity contribution < 1.29 is 19.8 Å². The number of carboxylic acid groups (broad SMARTS) is 1. The first-order valence-electron chi connectivity index (χ1n) is 6.75. The number of aliphatic hydroxyl groups is 1. The second kappa shape index (κ2) is 6.21. The van der Waals surface area contributed by atoms with Crippen LogP contribution in [0.2, 0.25) is 0 Å². The Morgan fingerprint density at radius 2 is 2.00 bits per heavy atom. The number of urea groups is 1. The smallest absolute Gasteiger partial charge is 0.334 e. The Bertz CT molecular complexity index is 350. The van der Waals surface area contributed by atoms with E-state index in [0.717, 1.165) is 25.9 Å². The molecule has 7 nitrogen and oxygen atoms in total. The number of hydrogen-bond donors (Lipinski definition) is 3. The van der Waals surface area contributed by atoms with Crippen molar-refractivity contribution in [2.45, 2.75) is 31.4 Å². The summed E-state index contributed by atoms with van der Waals surface area (Å²) in [6, 6.07) is 0.145. The highest BCUT2D eigenvalue weighted by molar-refractivity contribution is 5.76. The predicted molar refractivity (Wildman–Crippen MR) is 67.8 cm³/mol. The van der Waals surface area contributed by atoms with Crippen molar-refractivity contribution in [2.24, 2.45) is 0 Å². The molecule has 0 spiro atoms. The molecule has 19 heavy (non-hydrogen) atoms. The number of carboxylic acids is 1. The van der Waals surface area contributed by atoms with Crippen LogP contribution >= 0.6 is 0 Å². The second-order valence-corrected chi connectivity index (χ2v) is 5.17. The van der Waals surface area contributed by atoms with Crippen molar-refractivity contribution in [1.82, 2.24) is 15.1 Å². The van der Waals surface area contributed by atoms with Crippen LogP contribution in [0.1, 0.15) is 19.3 Å². The van der Waals surface area contributed by atoms with Crippen LogP contribution in [0.15, 0.2) is 0 Å². The molecule has 108 valence electrons. The quantitative estimate of drug-likeness (QED) is 0.632. The van der Waals surface area contributed by atoms with E-state index in [1.807, 2.05) is 0 Å². The Hall–Kier alpha value is -1.34. The molecular formula is C12H21N3O4. The number of carbonyl (C=O) groups is 2. The minimum atomic E-state index is -1.54. The number of amides is 2. The summed E-state index contributed by atoms with van der Waals surface area (Å²) in [5, 5.41) is 20.2. The maximum absolute atomic E-state index is 12.0. The molecule has 0 radical (unpaired) electrons. The van der Waals surface area contributed by atoms with Gasteiger partial charge in [0.05, 0.1) is 6.54 Å². The molecule has 1 unspecified atom stereocenters. The minimum Gasteiger partial charge on any atom is -0.479 e. The lowest BCUT2D eigenvalue weighted by molar-refractivity contribution is -0.146. The van der Waals surface area contributed by atoms with E-state index in [-0.39, 0.29) is 12.6 Å². The van der Waals surface area contributed by atoms with Gasteiger partial charge in [-0.1, -0.05) is 0 Å². The molecule has 0 aromatic heterocycles. The maximum atomic E-state index is 12.0. The Morgan fingerprint density at radius 3 is 2.74 bits per heavy atom. The molecule has 0 aromatic carbocycles. The lowest BCUT2D eigenvalue weighted by Crippen LogP contribution is -2.47. The zero-order valence-electron chi connectivity index (χ0n) is 10.9. The fourth-order valence-electron chi connectivity index (χ4n) is 2.77. The van der Waals surface area contributed by atoms with Crippen molar-refractivity contribution in [3.63, 3.8) is 0 Å². The molecular weight excluding hydrogens is 250 g/mol. The minimum absolute atomic E-state index is 0.251. The molecule has 2 heterocycles. The maximum Gasteiger partial charge on any atom is 0.334 e. The lowest BCUT2D eigenvalue weighted by atomic mass is 10.2. The number of carbonyl (C=O) groups excluding carboxylic acids is 1. The van der Waals surface area contributed by atoms with Gasteiger partial charge in [-0.25, -0.2) is 9.59 Å². The van der Waals surface area contributed by atoms with Crippen LogP contribution in [0.3, 0.4) is 0 Å². The van der Waals surface area contributed by atoms with E-state index < -0.39 is 12.1 Å². The first-order valence-corrected chi connectivity index (χ1v) is 6.75. The summed E-state index contributed by atoms with van der Waals surface area (Å²) in [6.45, 7) is 3.25. The fraction of sp³-hybridized carbons (Fsp3) is 0.833. The average Bonchev–Trinajstić information content (AvgIpc) is 2.72. The lowest BCUT2D eigenvalue weighted by Gasteiger charge is -2.26. The van der Waals surface area contributed by atoms with Gasteiger partial charge in [0.2, 0.25) is 0 Å². The summed E-state index contributed by atoms with van der Waals surface area (Å²) in [5.41, 5.74) is 0. The van der Waals surface area contributed by atoms with Gasteiger partial charge < -0.3 is 20.4 Å². The van der Waals surface area contributed by atoms with Gasteiger partial charge in [0.25, 0.3) is 0 Å². The van der Waals surface area contributed by atoms with Crippen LogP contribution in [-0.2, 0) is 4.79 Å². The molecule has 0 aromatic rings. The molecule has 3 N–H and O–H groups in total. The normalized spacial score (nSPS) is 25.5. The molecule has 2 atom stereocenters. The van der Waals surface area contributed by atoms with Crippen molar-refractivity contribution in [1.29, 1.82) is 0 Å². The molecule has 2 saturated heterocycles. The number of nitrogens with zero attached hydrogens (tertiary/aromatic N) is 2. The molecule has 0 bridgehead atoms. The van der Waals surface area contributed by atoms with Gasteiger partial charge in [-0.3, -0.25) is 4.90 Å². The largest absolute Gasteiger partial charge is 0.479 e. The summed E-state index contributed by atoms with van der Waals surface area (Å²) < 4.78 is 0. The van der Waals surface area contributed by atoms with Crippen molar-refractivity contribution in [3.8, 4) is 0 Å². The van der Waals surface area contributed by atoms with Gasteiger partial charge in [0.1, 0.15) is 0 Å². The van der Waals surface area contributed by atoms with Gasteiger partial charge in [0, 0.05) is 25.7 Å². The summed E-state index contributed by atoms with van der Waals surface area (Å²) >= 11 is 0. The molecule has 0 aliphatic carbocycles. The molecule has 2 fully saturated rings. The van der Waals surface area contributed by atoms with Crippen LogP contribution < -0.4 is 5.32 Å². The van der Waals surface area contributed by atoms with Crippen LogP contribution in [0.5, 0.6) is 0 Å². The van der Waals surface area contributed by atoms with Gasteiger partial charge in [0.15, 0.2) is 6.10 Å². The van der Waals surface area contributed by atoms with E-state index in [1.165, 1.54) is 6.42 Å². The zero-order valence-corrected chi connectivity index (χ0v) is 10.9. The average molecular weight is 271 g/mol. The third-order valence-electron chi connectivity index (χ3n) is 3.82. The number of hydrogen-bond acceptors (Lipinski definition) is 4. The highest BCUT2D eigenvalue weighted by Gasteiger charge is 2.30. The van der Waals surface area contributed by atoms with E-state index >= 15 is 0 Å². The Morgan fingerprint density at radius 1 is 1.26 bits per heavy atom. The second-order valence-electron chi connectivity index (χ2n) is 5.17.